The molecule has 0 N–H and O–H groups in total. The van der Waals surface area contributed by atoms with Crippen molar-refractivity contribution in [2.45, 2.75) is 297 Å². The van der Waals surface area contributed by atoms with Crippen molar-refractivity contribution < 1.29 is 28.6 Å². The predicted molar refractivity (Wildman–Crippen MR) is 288 cm³/mol. The minimum atomic E-state index is -0.793. The second-order valence-corrected chi connectivity index (χ2v) is 19.2. The molecular weight excluding hydrogens is 829 g/mol. The second kappa shape index (κ2) is 55.7. The van der Waals surface area contributed by atoms with Crippen LogP contribution in [0.4, 0.5) is 0 Å². The molecule has 0 radical (unpaired) electrons. The molecule has 0 fully saturated rings. The lowest BCUT2D eigenvalue weighted by atomic mass is 10.0. The van der Waals surface area contributed by atoms with Gasteiger partial charge in [-0.25, -0.2) is 0 Å². The summed E-state index contributed by atoms with van der Waals surface area (Å²) in [6.07, 6.45) is 69.4. The van der Waals surface area contributed by atoms with Crippen LogP contribution < -0.4 is 0 Å². The first-order valence-corrected chi connectivity index (χ1v) is 28.8. The summed E-state index contributed by atoms with van der Waals surface area (Å²) in [4.78, 5) is 38.1. The Kier molecular flexibility index (Phi) is 53.3. The van der Waals surface area contributed by atoms with Gasteiger partial charge in [-0.1, -0.05) is 274 Å². The van der Waals surface area contributed by atoms with Crippen LogP contribution in [0.2, 0.25) is 0 Å². The Bertz CT molecular complexity index is 1210. The minimum Gasteiger partial charge on any atom is -0.462 e. The van der Waals surface area contributed by atoms with Gasteiger partial charge in [0.15, 0.2) is 6.10 Å². The number of hydrogen-bond acceptors (Lipinski definition) is 6. The molecule has 0 heterocycles. The lowest BCUT2D eigenvalue weighted by molar-refractivity contribution is -0.167. The molecule has 0 aliphatic carbocycles. The average Bonchev–Trinajstić information content (AvgIpc) is 3.33. The number of ether oxygens (including phenoxy) is 3. The van der Waals surface area contributed by atoms with E-state index in [9.17, 15) is 14.4 Å². The van der Waals surface area contributed by atoms with Gasteiger partial charge >= 0.3 is 17.9 Å². The fourth-order valence-corrected chi connectivity index (χ4v) is 8.24. The molecule has 388 valence electrons. The first-order chi connectivity index (χ1) is 33.0. The minimum absolute atomic E-state index is 0.0879. The molecule has 0 saturated heterocycles. The summed E-state index contributed by atoms with van der Waals surface area (Å²) in [5.74, 6) is -0.937. The van der Waals surface area contributed by atoms with E-state index in [0.717, 1.165) is 77.0 Å². The first kappa shape index (κ1) is 64.1. The molecule has 0 aromatic heterocycles. The molecule has 0 aliphatic rings. The Morgan fingerprint density at radius 1 is 0.313 bits per heavy atom. The molecule has 6 nitrogen and oxygen atoms in total. The number of rotatable bonds is 52. The summed E-state index contributed by atoms with van der Waals surface area (Å²) < 4.78 is 16.8. The normalized spacial score (nSPS) is 12.5. The van der Waals surface area contributed by atoms with Gasteiger partial charge in [0.1, 0.15) is 13.2 Å². The summed E-state index contributed by atoms with van der Waals surface area (Å²) in [5, 5.41) is 0. The van der Waals surface area contributed by atoms with E-state index in [-0.39, 0.29) is 37.5 Å². The van der Waals surface area contributed by atoms with Crippen LogP contribution in [-0.2, 0) is 28.6 Å². The molecule has 0 aliphatic heterocycles. The summed E-state index contributed by atoms with van der Waals surface area (Å²) in [6.45, 7) is 6.50. The van der Waals surface area contributed by atoms with Crippen LogP contribution in [0, 0.1) is 0 Å². The van der Waals surface area contributed by atoms with Gasteiger partial charge in [-0.05, 0) is 57.8 Å². The highest BCUT2D eigenvalue weighted by atomic mass is 16.6. The zero-order chi connectivity index (χ0) is 48.6. The third-order valence-electron chi connectivity index (χ3n) is 12.5. The van der Waals surface area contributed by atoms with Gasteiger partial charge < -0.3 is 14.2 Å². The molecule has 67 heavy (non-hydrogen) atoms. The molecule has 0 amide bonds. The smallest absolute Gasteiger partial charge is 0.306 e. The monoisotopic (exact) mass is 937 g/mol. The molecule has 6 heteroatoms. The Balaban J connectivity index is 4.33. The van der Waals surface area contributed by atoms with Crippen LogP contribution in [0.1, 0.15) is 290 Å². The van der Waals surface area contributed by atoms with E-state index in [4.69, 9.17) is 14.2 Å². The SMILES string of the molecule is CC/C=C\C/C=C\C/C=C\C/C=C\C/C=C\CCCC(=O)OC[C@H](COC(=O)CCCCCCCCCCCCCCCCCCCCCCC)OC(=O)CCCCCCCCCCCCC. The maximum absolute atomic E-state index is 12.8. The zero-order valence-corrected chi connectivity index (χ0v) is 44.4. The number of carbonyl (C=O) groups excluding carboxylic acids is 3. The molecule has 0 aromatic carbocycles. The lowest BCUT2D eigenvalue weighted by Crippen LogP contribution is -2.30. The van der Waals surface area contributed by atoms with Crippen molar-refractivity contribution in [3.05, 3.63) is 60.8 Å². The Hall–Kier alpha value is -2.89. The largest absolute Gasteiger partial charge is 0.462 e. The fourth-order valence-electron chi connectivity index (χ4n) is 8.24. The highest BCUT2D eigenvalue weighted by Gasteiger charge is 2.19. The molecular formula is C61H108O6. The Labute approximate surface area is 415 Å². The fraction of sp³-hybridized carbons (Fsp3) is 0.787. The quantitative estimate of drug-likeness (QED) is 0.0262. The van der Waals surface area contributed by atoms with Gasteiger partial charge in [0.2, 0.25) is 0 Å². The van der Waals surface area contributed by atoms with Crippen LogP contribution in [0.15, 0.2) is 60.8 Å². The Morgan fingerprint density at radius 3 is 0.910 bits per heavy atom. The third-order valence-corrected chi connectivity index (χ3v) is 12.5. The van der Waals surface area contributed by atoms with E-state index in [1.54, 1.807) is 0 Å². The van der Waals surface area contributed by atoms with Gasteiger partial charge in [0.25, 0.3) is 0 Å². The van der Waals surface area contributed by atoms with Crippen LogP contribution in [0.5, 0.6) is 0 Å². The van der Waals surface area contributed by atoms with Gasteiger partial charge in [-0.3, -0.25) is 14.4 Å². The third kappa shape index (κ3) is 53.9. The van der Waals surface area contributed by atoms with E-state index < -0.39 is 6.10 Å². The van der Waals surface area contributed by atoms with Crippen molar-refractivity contribution in [1.29, 1.82) is 0 Å². The van der Waals surface area contributed by atoms with Crippen molar-refractivity contribution in [3.8, 4) is 0 Å². The van der Waals surface area contributed by atoms with Crippen molar-refractivity contribution >= 4 is 17.9 Å². The van der Waals surface area contributed by atoms with Crippen molar-refractivity contribution in [2.75, 3.05) is 13.2 Å². The topological polar surface area (TPSA) is 78.9 Å². The first-order valence-electron chi connectivity index (χ1n) is 28.8. The summed E-state index contributed by atoms with van der Waals surface area (Å²) in [5.41, 5.74) is 0. The molecule has 0 spiro atoms. The summed E-state index contributed by atoms with van der Waals surface area (Å²) in [7, 11) is 0. The number of unbranched alkanes of at least 4 members (excludes halogenated alkanes) is 31. The Morgan fingerprint density at radius 2 is 0.582 bits per heavy atom. The summed E-state index contributed by atoms with van der Waals surface area (Å²) in [6, 6.07) is 0. The molecule has 0 saturated carbocycles. The summed E-state index contributed by atoms with van der Waals surface area (Å²) >= 11 is 0. The van der Waals surface area contributed by atoms with Gasteiger partial charge in [0.05, 0.1) is 0 Å². The van der Waals surface area contributed by atoms with E-state index in [1.807, 2.05) is 0 Å². The molecule has 1 atom stereocenters. The standard InChI is InChI=1S/C61H108O6/c1-4-7-10-13-16-19-22-24-26-28-29-30-31-33-35-37-40-42-45-48-51-54-60(63)66-57-58(67-61(64)55-52-49-46-43-38-21-18-15-12-9-6-3)56-65-59(62)53-50-47-44-41-39-36-34-32-27-25-23-20-17-14-11-8-5-2/h8,11,17,20,25,27,34,36,41,44,58H,4-7,9-10,12-16,18-19,21-24,26,28-33,35,37-40,42-43,45-57H2,1-3H3/b11-8-,20-17-,27-25-,36-34-,44-41-/t58-/m1/s1. The van der Waals surface area contributed by atoms with E-state index >= 15 is 0 Å². The van der Waals surface area contributed by atoms with E-state index in [2.05, 4.69) is 81.5 Å². The van der Waals surface area contributed by atoms with Gasteiger partial charge in [0, 0.05) is 19.3 Å². The highest BCUT2D eigenvalue weighted by Crippen LogP contribution is 2.17. The highest BCUT2D eigenvalue weighted by molar-refractivity contribution is 5.71. The maximum Gasteiger partial charge on any atom is 0.306 e. The lowest BCUT2D eigenvalue weighted by Gasteiger charge is -2.18. The van der Waals surface area contributed by atoms with Crippen molar-refractivity contribution in [2.24, 2.45) is 0 Å². The predicted octanol–water partition coefficient (Wildman–Crippen LogP) is 19.2. The molecule has 0 rings (SSSR count). The van der Waals surface area contributed by atoms with Crippen LogP contribution >= 0.6 is 0 Å². The van der Waals surface area contributed by atoms with E-state index in [0.29, 0.717) is 19.3 Å². The number of hydrogen-bond donors (Lipinski definition) is 0. The van der Waals surface area contributed by atoms with Crippen molar-refractivity contribution in [1.82, 2.24) is 0 Å². The van der Waals surface area contributed by atoms with Gasteiger partial charge in [-0.15, -0.1) is 0 Å². The average molecular weight is 938 g/mol. The van der Waals surface area contributed by atoms with Crippen LogP contribution in [-0.4, -0.2) is 37.2 Å². The number of esters is 3. The van der Waals surface area contributed by atoms with Crippen molar-refractivity contribution in [3.63, 3.8) is 0 Å². The zero-order valence-electron chi connectivity index (χ0n) is 44.4. The van der Waals surface area contributed by atoms with Gasteiger partial charge in [-0.2, -0.15) is 0 Å². The molecule has 0 bridgehead atoms. The molecule has 0 aromatic rings. The second-order valence-electron chi connectivity index (χ2n) is 19.2. The molecule has 0 unspecified atom stereocenters. The maximum atomic E-state index is 12.8. The van der Waals surface area contributed by atoms with Crippen LogP contribution in [0.25, 0.3) is 0 Å². The number of allylic oxidation sites excluding steroid dienone is 10. The van der Waals surface area contributed by atoms with Crippen LogP contribution in [0.3, 0.4) is 0 Å². The number of carbonyl (C=O) groups is 3. The van der Waals surface area contributed by atoms with E-state index in [1.165, 1.54) is 167 Å².